The summed E-state index contributed by atoms with van der Waals surface area (Å²) in [4.78, 5) is 26.1. The molecular formula is C25H26Cl2N2O3. The first kappa shape index (κ1) is 21.6. The van der Waals surface area contributed by atoms with Gasteiger partial charge in [0.2, 0.25) is 5.91 Å². The zero-order valence-corrected chi connectivity index (χ0v) is 19.4. The lowest BCUT2D eigenvalue weighted by Gasteiger charge is -2.53. The number of hydrogen-bond donors (Lipinski definition) is 2. The lowest BCUT2D eigenvalue weighted by molar-refractivity contribution is -0.132. The molecule has 2 aromatic rings. The van der Waals surface area contributed by atoms with E-state index in [1.54, 1.807) is 43.5 Å². The van der Waals surface area contributed by atoms with Crippen molar-refractivity contribution in [3.63, 3.8) is 0 Å². The maximum absolute atomic E-state index is 13.3. The fraction of sp³-hybridized carbons (Fsp3) is 0.440. The first-order chi connectivity index (χ1) is 15.4. The molecule has 0 aromatic heterocycles. The van der Waals surface area contributed by atoms with Crippen LogP contribution in [0.3, 0.4) is 0 Å². The molecule has 0 saturated heterocycles. The Kier molecular flexibility index (Phi) is 5.81. The predicted molar refractivity (Wildman–Crippen MR) is 127 cm³/mol. The Morgan fingerprint density at radius 3 is 2.19 bits per heavy atom. The molecule has 0 spiro atoms. The largest absolute Gasteiger partial charge is 0.495 e. The second-order valence-electron chi connectivity index (χ2n) is 9.44. The van der Waals surface area contributed by atoms with Gasteiger partial charge in [-0.15, -0.1) is 0 Å². The Bertz CT molecular complexity index is 1040. The van der Waals surface area contributed by atoms with Crippen LogP contribution in [0.4, 0.5) is 11.4 Å². The number of nitrogens with one attached hydrogen (secondary N) is 2. The lowest BCUT2D eigenvalue weighted by Crippen LogP contribution is -2.49. The number of carbonyl (C=O) groups is 2. The molecule has 4 fully saturated rings. The Labute approximate surface area is 197 Å². The Balaban J connectivity index is 1.33. The summed E-state index contributed by atoms with van der Waals surface area (Å²) in [7, 11) is 1.56. The highest BCUT2D eigenvalue weighted by Crippen LogP contribution is 2.56. The Morgan fingerprint density at radius 2 is 1.56 bits per heavy atom. The molecule has 4 bridgehead atoms. The fourth-order valence-electron chi connectivity index (χ4n) is 6.29. The summed E-state index contributed by atoms with van der Waals surface area (Å²) in [6.07, 6.45) is 6.05. The third kappa shape index (κ3) is 4.08. The monoisotopic (exact) mass is 472 g/mol. The van der Waals surface area contributed by atoms with Crippen LogP contribution < -0.4 is 15.4 Å². The van der Waals surface area contributed by atoms with Crippen molar-refractivity contribution in [2.75, 3.05) is 17.7 Å². The van der Waals surface area contributed by atoms with Crippen molar-refractivity contribution in [3.05, 3.63) is 52.0 Å². The summed E-state index contributed by atoms with van der Waals surface area (Å²) in [5.41, 5.74) is 1.48. The van der Waals surface area contributed by atoms with Crippen LogP contribution in [-0.2, 0) is 4.79 Å². The molecule has 4 saturated carbocycles. The number of hydrogen-bond acceptors (Lipinski definition) is 3. The second-order valence-corrected chi connectivity index (χ2v) is 10.3. The average molecular weight is 473 g/mol. The molecule has 0 unspecified atom stereocenters. The minimum Gasteiger partial charge on any atom is -0.495 e. The van der Waals surface area contributed by atoms with E-state index in [4.69, 9.17) is 27.9 Å². The van der Waals surface area contributed by atoms with Crippen LogP contribution in [0.15, 0.2) is 36.4 Å². The smallest absolute Gasteiger partial charge is 0.255 e. The van der Waals surface area contributed by atoms with Crippen LogP contribution in [0, 0.1) is 29.6 Å². The van der Waals surface area contributed by atoms with Crippen molar-refractivity contribution in [3.8, 4) is 5.75 Å². The van der Waals surface area contributed by atoms with Gasteiger partial charge >= 0.3 is 0 Å². The van der Waals surface area contributed by atoms with Crippen LogP contribution in [0.1, 0.15) is 42.5 Å². The zero-order chi connectivity index (χ0) is 22.4. The molecule has 4 aliphatic rings. The quantitative estimate of drug-likeness (QED) is 0.538. The Morgan fingerprint density at radius 1 is 0.875 bits per heavy atom. The summed E-state index contributed by atoms with van der Waals surface area (Å²) < 4.78 is 5.46. The van der Waals surface area contributed by atoms with E-state index in [1.165, 1.54) is 32.1 Å². The number of anilines is 2. The summed E-state index contributed by atoms with van der Waals surface area (Å²) in [6, 6.07) is 9.95. The van der Waals surface area contributed by atoms with Gasteiger partial charge in [0, 0.05) is 17.2 Å². The van der Waals surface area contributed by atoms with Crippen molar-refractivity contribution < 1.29 is 14.3 Å². The topological polar surface area (TPSA) is 67.4 Å². The highest BCUT2D eigenvalue weighted by Gasteiger charge is 2.50. The van der Waals surface area contributed by atoms with Crippen LogP contribution in [0.2, 0.25) is 10.0 Å². The van der Waals surface area contributed by atoms with Gasteiger partial charge in [0.15, 0.2) is 0 Å². The number of carbonyl (C=O) groups excluding carboxylic acids is 2. The molecule has 5 nitrogen and oxygen atoms in total. The van der Waals surface area contributed by atoms with E-state index in [1.807, 2.05) is 0 Å². The standard InChI is InChI=1S/C25H26Cl2N2O3/c1-32-22-5-2-15(24(30)28-18-3-4-19(26)20(27)12-18)11-21(22)29-25(31)23-16-7-13-6-14(9-16)10-17(23)8-13/h2-5,11-14,16-17,23H,6-10H2,1H3,(H,28,30)(H,29,31). The van der Waals surface area contributed by atoms with E-state index in [0.717, 1.165) is 11.8 Å². The zero-order valence-electron chi connectivity index (χ0n) is 17.9. The average Bonchev–Trinajstić information content (AvgIpc) is 2.75. The van der Waals surface area contributed by atoms with Gasteiger partial charge in [-0.1, -0.05) is 23.2 Å². The van der Waals surface area contributed by atoms with Crippen molar-refractivity contribution in [2.45, 2.75) is 32.1 Å². The lowest BCUT2D eigenvalue weighted by atomic mass is 9.51. The molecule has 6 rings (SSSR count). The van der Waals surface area contributed by atoms with Crippen LogP contribution in [0.25, 0.3) is 0 Å². The van der Waals surface area contributed by atoms with Gasteiger partial charge in [-0.2, -0.15) is 0 Å². The highest BCUT2D eigenvalue weighted by molar-refractivity contribution is 6.42. The number of amides is 2. The predicted octanol–water partition coefficient (Wildman–Crippen LogP) is 6.27. The third-order valence-electron chi connectivity index (χ3n) is 7.43. The maximum atomic E-state index is 13.3. The van der Waals surface area contributed by atoms with Crippen LogP contribution in [0.5, 0.6) is 5.75 Å². The number of ether oxygens (including phenoxy) is 1. The van der Waals surface area contributed by atoms with E-state index in [9.17, 15) is 9.59 Å². The van der Waals surface area contributed by atoms with Crippen LogP contribution in [-0.4, -0.2) is 18.9 Å². The molecule has 4 aliphatic carbocycles. The molecule has 0 aliphatic heterocycles. The first-order valence-corrected chi connectivity index (χ1v) is 11.9. The molecule has 2 N–H and O–H groups in total. The summed E-state index contributed by atoms with van der Waals surface area (Å²) >= 11 is 12.0. The molecule has 7 heteroatoms. The molecule has 32 heavy (non-hydrogen) atoms. The Hall–Kier alpha value is -2.24. The van der Waals surface area contributed by atoms with E-state index in [2.05, 4.69) is 10.6 Å². The SMILES string of the molecule is COc1ccc(C(=O)Nc2ccc(Cl)c(Cl)c2)cc1NC(=O)C1C2CC3CC(C2)CC1C3. The third-order valence-corrected chi connectivity index (χ3v) is 8.17. The van der Waals surface area contributed by atoms with Gasteiger partial charge < -0.3 is 15.4 Å². The molecular weight excluding hydrogens is 447 g/mol. The van der Waals surface area contributed by atoms with Crippen molar-refractivity contribution in [1.29, 1.82) is 0 Å². The van der Waals surface area contributed by atoms with E-state index >= 15 is 0 Å². The molecule has 0 radical (unpaired) electrons. The summed E-state index contributed by atoms with van der Waals surface area (Å²) in [6.45, 7) is 0. The van der Waals surface area contributed by atoms with Gasteiger partial charge in [0.05, 0.1) is 22.8 Å². The van der Waals surface area contributed by atoms with Gasteiger partial charge in [0.1, 0.15) is 5.75 Å². The highest BCUT2D eigenvalue weighted by atomic mass is 35.5. The molecule has 168 valence electrons. The normalized spacial score (nSPS) is 27.8. The van der Waals surface area contributed by atoms with Crippen LogP contribution >= 0.6 is 23.2 Å². The molecule has 0 heterocycles. The van der Waals surface area contributed by atoms with E-state index < -0.39 is 0 Å². The molecule has 2 aromatic carbocycles. The summed E-state index contributed by atoms with van der Waals surface area (Å²) in [5, 5.41) is 6.68. The number of rotatable bonds is 5. The van der Waals surface area contributed by atoms with Crippen molar-refractivity contribution >= 4 is 46.4 Å². The molecule has 2 amide bonds. The van der Waals surface area contributed by atoms with E-state index in [-0.39, 0.29) is 17.7 Å². The fourth-order valence-corrected chi connectivity index (χ4v) is 6.59. The first-order valence-electron chi connectivity index (χ1n) is 11.2. The van der Waals surface area contributed by atoms with Gasteiger partial charge in [0.25, 0.3) is 5.91 Å². The number of methoxy groups -OCH3 is 1. The maximum Gasteiger partial charge on any atom is 0.255 e. The minimum absolute atomic E-state index is 0.0548. The summed E-state index contributed by atoms with van der Waals surface area (Å²) in [5.74, 6) is 2.93. The number of benzene rings is 2. The van der Waals surface area contributed by atoms with Crippen molar-refractivity contribution in [1.82, 2.24) is 0 Å². The second kappa shape index (κ2) is 8.60. The van der Waals surface area contributed by atoms with Gasteiger partial charge in [-0.25, -0.2) is 0 Å². The van der Waals surface area contributed by atoms with E-state index in [0.29, 0.717) is 44.6 Å². The van der Waals surface area contributed by atoms with Gasteiger partial charge in [-0.3, -0.25) is 9.59 Å². The number of halogens is 2. The molecule has 0 atom stereocenters. The van der Waals surface area contributed by atoms with Crippen molar-refractivity contribution in [2.24, 2.45) is 29.6 Å². The van der Waals surface area contributed by atoms with Gasteiger partial charge in [-0.05, 0) is 92.2 Å². The minimum atomic E-state index is -0.309.